The second-order valence-corrected chi connectivity index (χ2v) is 13.0. The summed E-state index contributed by atoms with van der Waals surface area (Å²) in [7, 11) is 0. The van der Waals surface area contributed by atoms with Crippen LogP contribution in [0.5, 0.6) is 0 Å². The lowest BCUT2D eigenvalue weighted by Crippen LogP contribution is -2.40. The van der Waals surface area contributed by atoms with Crippen molar-refractivity contribution < 1.29 is 36.2 Å². The molecule has 17 heteroatoms. The van der Waals surface area contributed by atoms with Gasteiger partial charge in [-0.1, -0.05) is 18.5 Å². The van der Waals surface area contributed by atoms with Gasteiger partial charge in [-0.3, -0.25) is 0 Å². The van der Waals surface area contributed by atoms with Crippen LogP contribution in [0.15, 0.2) is 36.8 Å². The highest BCUT2D eigenvalue weighted by Crippen LogP contribution is 2.39. The summed E-state index contributed by atoms with van der Waals surface area (Å²) >= 11 is 6.66. The summed E-state index contributed by atoms with van der Waals surface area (Å²) in [5.41, 5.74) is -2.21. The van der Waals surface area contributed by atoms with Gasteiger partial charge in [0.15, 0.2) is 5.82 Å². The SMILES string of the molecule is CC[C@@H]1C[C@H](N(Cc2cc(C(F)(F)F)cc(C(F)(F)F)c2)c2ncc(N3CCOCC3)cn2)CN1c1nc(N2CCC(O)CC2)ncc1Cl. The van der Waals surface area contributed by atoms with Gasteiger partial charge in [0.05, 0.1) is 60.8 Å². The number of aromatic nitrogens is 4. The number of piperidine rings is 1. The second kappa shape index (κ2) is 14.3. The maximum atomic E-state index is 13.8. The molecule has 0 amide bonds. The molecule has 3 aromatic rings. The van der Waals surface area contributed by atoms with E-state index in [2.05, 4.69) is 15.0 Å². The summed E-state index contributed by atoms with van der Waals surface area (Å²) in [6, 6.07) is 1.08. The summed E-state index contributed by atoms with van der Waals surface area (Å²) < 4.78 is 88.3. The van der Waals surface area contributed by atoms with Gasteiger partial charge in [0, 0.05) is 45.3 Å². The highest BCUT2D eigenvalue weighted by molar-refractivity contribution is 6.32. The number of rotatable bonds is 8. The van der Waals surface area contributed by atoms with E-state index in [1.807, 2.05) is 21.6 Å². The Labute approximate surface area is 284 Å². The van der Waals surface area contributed by atoms with Crippen LogP contribution in [-0.2, 0) is 23.6 Å². The molecule has 0 unspecified atom stereocenters. The third-order valence-electron chi connectivity index (χ3n) is 9.29. The van der Waals surface area contributed by atoms with Gasteiger partial charge in [0.1, 0.15) is 5.02 Å². The Morgan fingerprint density at radius 2 is 1.53 bits per heavy atom. The van der Waals surface area contributed by atoms with E-state index in [0.717, 1.165) is 17.8 Å². The first-order chi connectivity index (χ1) is 23.3. The highest BCUT2D eigenvalue weighted by atomic mass is 35.5. The fourth-order valence-corrected chi connectivity index (χ4v) is 6.85. The zero-order chi connectivity index (χ0) is 34.9. The predicted octanol–water partition coefficient (Wildman–Crippen LogP) is 5.82. The van der Waals surface area contributed by atoms with E-state index in [4.69, 9.17) is 21.3 Å². The lowest BCUT2D eigenvalue weighted by Gasteiger charge is -2.32. The summed E-state index contributed by atoms with van der Waals surface area (Å²) in [6.07, 6.45) is -3.29. The monoisotopic (exact) mass is 714 g/mol. The van der Waals surface area contributed by atoms with Gasteiger partial charge in [0.2, 0.25) is 11.9 Å². The molecule has 1 aromatic carbocycles. The summed E-state index contributed by atoms with van der Waals surface area (Å²) in [5.74, 6) is 1.12. The average Bonchev–Trinajstić information content (AvgIpc) is 3.51. The van der Waals surface area contributed by atoms with E-state index < -0.39 is 29.5 Å². The summed E-state index contributed by atoms with van der Waals surface area (Å²) in [5, 5.41) is 10.3. The number of aliphatic hydroxyl groups excluding tert-OH is 1. The minimum absolute atomic E-state index is 0.115. The van der Waals surface area contributed by atoms with Crippen molar-refractivity contribution in [1.82, 2.24) is 19.9 Å². The molecule has 0 bridgehead atoms. The third-order valence-corrected chi connectivity index (χ3v) is 9.56. The van der Waals surface area contributed by atoms with Crippen LogP contribution in [0.25, 0.3) is 0 Å². The van der Waals surface area contributed by atoms with Crippen LogP contribution in [0.2, 0.25) is 5.02 Å². The van der Waals surface area contributed by atoms with Crippen molar-refractivity contribution >= 4 is 35.0 Å². The quantitative estimate of drug-likeness (QED) is 0.288. The number of alkyl halides is 6. The van der Waals surface area contributed by atoms with Crippen LogP contribution in [-0.4, -0.2) is 89.2 Å². The van der Waals surface area contributed by atoms with Crippen molar-refractivity contribution in [2.24, 2.45) is 0 Å². The fraction of sp³-hybridized carbons (Fsp3) is 0.562. The standard InChI is InChI=1S/C32H37ClF6N8O2/c1-2-23-14-24(19-46(23)28-27(33)17-42-30(43-28)45-5-3-26(48)4-6-45)47(29-40-15-25(16-41-29)44-7-9-49-10-8-44)18-20-11-21(31(34,35)36)13-22(12-20)32(37,38)39/h11-13,15-17,23-24,26,48H,2-10,14,18-19H2,1H3/t23-,24+/m1/s1. The predicted molar refractivity (Wildman–Crippen MR) is 172 cm³/mol. The molecular formula is C32H37ClF6N8O2. The lowest BCUT2D eigenvalue weighted by atomic mass is 10.0. The van der Waals surface area contributed by atoms with E-state index in [-0.39, 0.29) is 36.3 Å². The molecule has 5 heterocycles. The van der Waals surface area contributed by atoms with Gasteiger partial charge in [-0.25, -0.2) is 15.0 Å². The molecule has 0 spiro atoms. The normalized spacial score (nSPS) is 21.0. The number of halogens is 7. The molecule has 2 atom stereocenters. The van der Waals surface area contributed by atoms with Crippen LogP contribution in [0.4, 0.5) is 49.7 Å². The molecular weight excluding hydrogens is 678 g/mol. The average molecular weight is 715 g/mol. The number of nitrogens with zero attached hydrogens (tertiary/aromatic N) is 8. The Hall–Kier alpha value is -3.63. The molecule has 3 aliphatic heterocycles. The van der Waals surface area contributed by atoms with Gasteiger partial charge in [-0.05, 0) is 49.4 Å². The topological polar surface area (TPSA) is 94.0 Å². The number of anilines is 4. The molecule has 0 radical (unpaired) electrons. The Kier molecular flexibility index (Phi) is 10.3. The van der Waals surface area contributed by atoms with Crippen LogP contribution < -0.4 is 19.6 Å². The number of ether oxygens (including phenoxy) is 1. The zero-order valence-corrected chi connectivity index (χ0v) is 27.5. The number of aliphatic hydroxyl groups is 1. The lowest BCUT2D eigenvalue weighted by molar-refractivity contribution is -0.143. The van der Waals surface area contributed by atoms with E-state index >= 15 is 0 Å². The fourth-order valence-electron chi connectivity index (χ4n) is 6.65. The van der Waals surface area contributed by atoms with Crippen molar-refractivity contribution in [2.45, 2.75) is 69.7 Å². The van der Waals surface area contributed by atoms with Gasteiger partial charge >= 0.3 is 12.4 Å². The minimum atomic E-state index is -4.98. The van der Waals surface area contributed by atoms with Crippen molar-refractivity contribution in [3.63, 3.8) is 0 Å². The molecule has 3 aliphatic rings. The molecule has 3 saturated heterocycles. The van der Waals surface area contributed by atoms with Crippen molar-refractivity contribution in [1.29, 1.82) is 0 Å². The first-order valence-corrected chi connectivity index (χ1v) is 16.6. The zero-order valence-electron chi connectivity index (χ0n) is 26.8. The van der Waals surface area contributed by atoms with Crippen LogP contribution in [0, 0.1) is 0 Å². The Morgan fingerprint density at radius 3 is 2.12 bits per heavy atom. The van der Waals surface area contributed by atoms with Crippen molar-refractivity contribution in [3.8, 4) is 0 Å². The van der Waals surface area contributed by atoms with E-state index in [0.29, 0.717) is 88.4 Å². The molecule has 266 valence electrons. The Bertz CT molecular complexity index is 1550. The van der Waals surface area contributed by atoms with E-state index in [1.165, 1.54) is 6.20 Å². The van der Waals surface area contributed by atoms with Crippen LogP contribution in [0.1, 0.15) is 49.3 Å². The van der Waals surface area contributed by atoms with Gasteiger partial charge in [0.25, 0.3) is 0 Å². The number of morpholine rings is 1. The summed E-state index contributed by atoms with van der Waals surface area (Å²) in [4.78, 5) is 26.1. The first-order valence-electron chi connectivity index (χ1n) is 16.2. The maximum absolute atomic E-state index is 13.8. The van der Waals surface area contributed by atoms with Gasteiger partial charge in [-0.15, -0.1) is 0 Å². The van der Waals surface area contributed by atoms with E-state index in [1.54, 1.807) is 17.3 Å². The smallest absolute Gasteiger partial charge is 0.393 e. The molecule has 10 nitrogen and oxygen atoms in total. The maximum Gasteiger partial charge on any atom is 0.416 e. The third kappa shape index (κ3) is 8.07. The molecule has 2 aromatic heterocycles. The van der Waals surface area contributed by atoms with Crippen LogP contribution >= 0.6 is 11.6 Å². The Balaban J connectivity index is 1.35. The molecule has 0 aliphatic carbocycles. The minimum Gasteiger partial charge on any atom is -0.393 e. The molecule has 6 rings (SSSR count). The largest absolute Gasteiger partial charge is 0.416 e. The van der Waals surface area contributed by atoms with Crippen molar-refractivity contribution in [2.75, 3.05) is 65.5 Å². The number of hydrogen-bond acceptors (Lipinski definition) is 10. The van der Waals surface area contributed by atoms with Crippen molar-refractivity contribution in [3.05, 3.63) is 58.5 Å². The number of benzene rings is 1. The molecule has 1 N–H and O–H groups in total. The van der Waals surface area contributed by atoms with Crippen LogP contribution in [0.3, 0.4) is 0 Å². The first kappa shape index (κ1) is 35.2. The second-order valence-electron chi connectivity index (χ2n) is 12.5. The molecule has 3 fully saturated rings. The molecule has 0 saturated carbocycles. The number of hydrogen-bond donors (Lipinski definition) is 1. The highest BCUT2D eigenvalue weighted by Gasteiger charge is 2.40. The Morgan fingerprint density at radius 1 is 0.898 bits per heavy atom. The van der Waals surface area contributed by atoms with Gasteiger partial charge < -0.3 is 29.4 Å². The molecule has 49 heavy (non-hydrogen) atoms. The van der Waals surface area contributed by atoms with E-state index in [9.17, 15) is 31.4 Å². The summed E-state index contributed by atoms with van der Waals surface area (Å²) in [6.45, 7) is 5.46. The van der Waals surface area contributed by atoms with Gasteiger partial charge in [-0.2, -0.15) is 31.3 Å².